The second-order valence-corrected chi connectivity index (χ2v) is 4.26. The van der Waals surface area contributed by atoms with E-state index in [-0.39, 0.29) is 5.69 Å². The molecule has 2 aromatic rings. The van der Waals surface area contributed by atoms with Crippen molar-refractivity contribution in [3.8, 4) is 0 Å². The van der Waals surface area contributed by atoms with Crippen molar-refractivity contribution in [2.24, 2.45) is 5.10 Å². The lowest BCUT2D eigenvalue weighted by Gasteiger charge is -2.04. The van der Waals surface area contributed by atoms with Gasteiger partial charge < -0.3 is 4.42 Å². The Balaban J connectivity index is 2.20. The number of anilines is 1. The number of benzene rings is 1. The molecule has 0 fully saturated rings. The molecule has 1 aromatic heterocycles. The largest absolute Gasteiger partial charge is 0.466 e. The van der Waals surface area contributed by atoms with Crippen molar-refractivity contribution in [1.82, 2.24) is 0 Å². The average Bonchev–Trinajstić information content (AvgIpc) is 2.67. The molecule has 100 valence electrons. The SMILES string of the molecule is C/C(=N/Nc1ccc(F)cc1F)c1cc(C)oc1C. The van der Waals surface area contributed by atoms with E-state index < -0.39 is 11.6 Å². The third-order valence-corrected chi connectivity index (χ3v) is 2.71. The van der Waals surface area contributed by atoms with Crippen LogP contribution in [0.3, 0.4) is 0 Å². The standard InChI is InChI=1S/C14H14F2N2O/c1-8-6-12(10(3)19-8)9(2)17-18-14-5-4-11(15)7-13(14)16/h4-7,18H,1-3H3/b17-9-. The van der Waals surface area contributed by atoms with Crippen LogP contribution in [0.1, 0.15) is 24.0 Å². The molecule has 0 aliphatic rings. The van der Waals surface area contributed by atoms with Crippen LogP contribution in [0, 0.1) is 25.5 Å². The first-order valence-electron chi connectivity index (χ1n) is 5.80. The van der Waals surface area contributed by atoms with Gasteiger partial charge in [0.25, 0.3) is 0 Å². The summed E-state index contributed by atoms with van der Waals surface area (Å²) in [5, 5.41) is 4.07. The Bertz CT molecular complexity index is 632. The number of nitrogens with one attached hydrogen (secondary N) is 1. The van der Waals surface area contributed by atoms with Crippen LogP contribution >= 0.6 is 0 Å². The molecule has 0 aliphatic carbocycles. The van der Waals surface area contributed by atoms with E-state index in [4.69, 9.17) is 4.42 Å². The Morgan fingerprint density at radius 2 is 1.95 bits per heavy atom. The smallest absolute Gasteiger partial charge is 0.151 e. The molecular formula is C14H14F2N2O. The van der Waals surface area contributed by atoms with Gasteiger partial charge in [-0.1, -0.05) is 0 Å². The van der Waals surface area contributed by atoms with Crippen molar-refractivity contribution >= 4 is 11.4 Å². The van der Waals surface area contributed by atoms with Gasteiger partial charge in [-0.3, -0.25) is 5.43 Å². The van der Waals surface area contributed by atoms with Crippen LogP contribution in [-0.2, 0) is 0 Å². The van der Waals surface area contributed by atoms with Gasteiger partial charge in [-0.25, -0.2) is 8.78 Å². The Labute approximate surface area is 109 Å². The molecule has 19 heavy (non-hydrogen) atoms. The molecule has 0 saturated heterocycles. The van der Waals surface area contributed by atoms with Crippen LogP contribution < -0.4 is 5.43 Å². The first kappa shape index (κ1) is 13.3. The van der Waals surface area contributed by atoms with Gasteiger partial charge in [0.2, 0.25) is 0 Å². The highest BCUT2D eigenvalue weighted by Crippen LogP contribution is 2.17. The van der Waals surface area contributed by atoms with Crippen molar-refractivity contribution in [1.29, 1.82) is 0 Å². The zero-order valence-corrected chi connectivity index (χ0v) is 10.9. The zero-order valence-electron chi connectivity index (χ0n) is 10.9. The van der Waals surface area contributed by atoms with Crippen molar-refractivity contribution < 1.29 is 13.2 Å². The lowest BCUT2D eigenvalue weighted by Crippen LogP contribution is -2.01. The third-order valence-electron chi connectivity index (χ3n) is 2.71. The summed E-state index contributed by atoms with van der Waals surface area (Å²) in [5.41, 5.74) is 4.22. The van der Waals surface area contributed by atoms with E-state index in [0.717, 1.165) is 23.2 Å². The van der Waals surface area contributed by atoms with Crippen LogP contribution in [0.5, 0.6) is 0 Å². The summed E-state index contributed by atoms with van der Waals surface area (Å²) >= 11 is 0. The van der Waals surface area contributed by atoms with Crippen LogP contribution in [0.2, 0.25) is 0 Å². The number of rotatable bonds is 3. The maximum Gasteiger partial charge on any atom is 0.151 e. The quantitative estimate of drug-likeness (QED) is 0.671. The minimum Gasteiger partial charge on any atom is -0.466 e. The van der Waals surface area contributed by atoms with E-state index in [0.29, 0.717) is 5.71 Å². The summed E-state index contributed by atoms with van der Waals surface area (Å²) < 4.78 is 31.5. The fourth-order valence-corrected chi connectivity index (χ4v) is 1.77. The van der Waals surface area contributed by atoms with Gasteiger partial charge in [-0.05, 0) is 39.0 Å². The van der Waals surface area contributed by atoms with Gasteiger partial charge in [-0.2, -0.15) is 5.10 Å². The summed E-state index contributed by atoms with van der Waals surface area (Å²) in [6, 6.07) is 5.13. The lowest BCUT2D eigenvalue weighted by molar-refractivity contribution is 0.504. The van der Waals surface area contributed by atoms with Crippen molar-refractivity contribution in [2.45, 2.75) is 20.8 Å². The number of nitrogens with zero attached hydrogens (tertiary/aromatic N) is 1. The molecule has 5 heteroatoms. The van der Waals surface area contributed by atoms with Crippen molar-refractivity contribution in [3.63, 3.8) is 0 Å². The second kappa shape index (κ2) is 5.22. The molecule has 3 nitrogen and oxygen atoms in total. The molecule has 0 atom stereocenters. The number of furan rings is 1. The van der Waals surface area contributed by atoms with Crippen molar-refractivity contribution in [3.05, 3.63) is 53.0 Å². The normalized spacial score (nSPS) is 11.7. The summed E-state index contributed by atoms with van der Waals surface area (Å²) in [6.07, 6.45) is 0. The average molecular weight is 264 g/mol. The third kappa shape index (κ3) is 2.99. The molecule has 0 spiro atoms. The Morgan fingerprint density at radius 3 is 2.53 bits per heavy atom. The van der Waals surface area contributed by atoms with Gasteiger partial charge in [0.05, 0.1) is 11.4 Å². The highest BCUT2D eigenvalue weighted by Gasteiger charge is 2.08. The fourth-order valence-electron chi connectivity index (χ4n) is 1.77. The van der Waals surface area contributed by atoms with Crippen LogP contribution in [-0.4, -0.2) is 5.71 Å². The van der Waals surface area contributed by atoms with Crippen molar-refractivity contribution in [2.75, 3.05) is 5.43 Å². The highest BCUT2D eigenvalue weighted by atomic mass is 19.1. The van der Waals surface area contributed by atoms with Crippen LogP contribution in [0.25, 0.3) is 0 Å². The molecule has 0 aliphatic heterocycles. The van der Waals surface area contributed by atoms with Crippen LogP contribution in [0.4, 0.5) is 14.5 Å². The number of hydrazone groups is 1. The maximum absolute atomic E-state index is 13.4. The fraction of sp³-hybridized carbons (Fsp3) is 0.214. The van der Waals surface area contributed by atoms with Gasteiger partial charge in [-0.15, -0.1) is 0 Å². The van der Waals surface area contributed by atoms with E-state index >= 15 is 0 Å². The van der Waals surface area contributed by atoms with Crippen LogP contribution in [0.15, 0.2) is 33.8 Å². The predicted molar refractivity (Wildman–Crippen MR) is 70.4 cm³/mol. The monoisotopic (exact) mass is 264 g/mol. The molecule has 0 unspecified atom stereocenters. The number of aryl methyl sites for hydroxylation is 2. The Hall–Kier alpha value is -2.17. The molecule has 1 N–H and O–H groups in total. The first-order valence-corrected chi connectivity index (χ1v) is 5.80. The summed E-state index contributed by atoms with van der Waals surface area (Å²) in [5.74, 6) is 0.233. The lowest BCUT2D eigenvalue weighted by atomic mass is 10.2. The Kier molecular flexibility index (Phi) is 3.64. The minimum absolute atomic E-state index is 0.124. The minimum atomic E-state index is -0.684. The Morgan fingerprint density at radius 1 is 1.21 bits per heavy atom. The first-order chi connectivity index (χ1) is 8.97. The summed E-state index contributed by atoms with van der Waals surface area (Å²) in [6.45, 7) is 5.46. The summed E-state index contributed by atoms with van der Waals surface area (Å²) in [7, 11) is 0. The van der Waals surface area contributed by atoms with Gasteiger partial charge >= 0.3 is 0 Å². The molecule has 0 radical (unpaired) electrons. The van der Waals surface area contributed by atoms with Gasteiger partial charge in [0.15, 0.2) is 5.82 Å². The van der Waals surface area contributed by atoms with Gasteiger partial charge in [0.1, 0.15) is 17.3 Å². The van der Waals surface area contributed by atoms with E-state index in [1.165, 1.54) is 12.1 Å². The number of hydrogen-bond acceptors (Lipinski definition) is 3. The predicted octanol–water partition coefficient (Wildman–Crippen LogP) is 4.01. The van der Waals surface area contributed by atoms with Gasteiger partial charge in [0, 0.05) is 11.6 Å². The topological polar surface area (TPSA) is 37.5 Å². The molecule has 0 amide bonds. The second-order valence-electron chi connectivity index (χ2n) is 4.26. The molecule has 1 heterocycles. The van der Waals surface area contributed by atoms with E-state index in [1.807, 2.05) is 19.9 Å². The highest BCUT2D eigenvalue weighted by molar-refractivity contribution is 6.00. The van der Waals surface area contributed by atoms with E-state index in [2.05, 4.69) is 10.5 Å². The summed E-state index contributed by atoms with van der Waals surface area (Å²) in [4.78, 5) is 0. The number of halogens is 2. The molecule has 0 bridgehead atoms. The van der Waals surface area contributed by atoms with E-state index in [9.17, 15) is 8.78 Å². The zero-order chi connectivity index (χ0) is 14.0. The molecule has 1 aromatic carbocycles. The number of hydrogen-bond donors (Lipinski definition) is 1. The molecule has 2 rings (SSSR count). The molecular weight excluding hydrogens is 250 g/mol. The van der Waals surface area contributed by atoms with E-state index in [1.54, 1.807) is 6.92 Å². The molecule has 0 saturated carbocycles. The maximum atomic E-state index is 13.4.